The summed E-state index contributed by atoms with van der Waals surface area (Å²) in [7, 11) is 1.56. The van der Waals surface area contributed by atoms with Gasteiger partial charge in [0.2, 0.25) is 0 Å². The van der Waals surface area contributed by atoms with E-state index in [9.17, 15) is 4.79 Å². The van der Waals surface area contributed by atoms with Gasteiger partial charge in [0.05, 0.1) is 6.10 Å². The highest BCUT2D eigenvalue weighted by molar-refractivity contribution is 5.81. The molecule has 0 heterocycles. The molecule has 0 aromatic heterocycles. The number of rotatable bonds is 6. The van der Waals surface area contributed by atoms with Crippen LogP contribution in [0.4, 0.5) is 0 Å². The van der Waals surface area contributed by atoms with Crippen molar-refractivity contribution >= 4 is 5.97 Å². The second-order valence-electron chi connectivity index (χ2n) is 3.37. The average molecular weight is 202 g/mol. The van der Waals surface area contributed by atoms with Crippen molar-refractivity contribution in [2.24, 2.45) is 0 Å². The van der Waals surface area contributed by atoms with Gasteiger partial charge in [-0.05, 0) is 20.8 Å². The Bertz CT molecular complexity index is 198. The van der Waals surface area contributed by atoms with Gasteiger partial charge >= 0.3 is 5.97 Å². The summed E-state index contributed by atoms with van der Waals surface area (Å²) in [6.45, 7) is 8.87. The molecule has 1 unspecified atom stereocenters. The van der Waals surface area contributed by atoms with Crippen molar-refractivity contribution in [3.63, 3.8) is 0 Å². The zero-order valence-electron chi connectivity index (χ0n) is 9.20. The molecule has 0 fully saturated rings. The van der Waals surface area contributed by atoms with Crippen LogP contribution >= 0.6 is 0 Å². The molecule has 0 aliphatic rings. The quantitative estimate of drug-likeness (QED) is 0.372. The van der Waals surface area contributed by atoms with Gasteiger partial charge in [0.1, 0.15) is 6.61 Å². The van der Waals surface area contributed by atoms with Crippen LogP contribution in [0.1, 0.15) is 20.8 Å². The highest BCUT2D eigenvalue weighted by Gasteiger charge is 2.20. The third-order valence-electron chi connectivity index (χ3n) is 1.60. The summed E-state index contributed by atoms with van der Waals surface area (Å²) in [5, 5.41) is 0. The van der Waals surface area contributed by atoms with E-state index in [4.69, 9.17) is 14.2 Å². The SMILES string of the molecule is C=CC(=O)OCC(C)OC(C)(C)OC. The molecule has 0 spiro atoms. The van der Waals surface area contributed by atoms with Crippen LogP contribution in [0.5, 0.6) is 0 Å². The van der Waals surface area contributed by atoms with Crippen LogP contribution in [0.15, 0.2) is 12.7 Å². The average Bonchev–Trinajstić information content (AvgIpc) is 2.13. The fourth-order valence-corrected chi connectivity index (χ4v) is 0.825. The number of esters is 1. The number of hydrogen-bond donors (Lipinski definition) is 0. The number of methoxy groups -OCH3 is 1. The van der Waals surface area contributed by atoms with Crippen molar-refractivity contribution in [2.75, 3.05) is 13.7 Å². The molecule has 0 saturated heterocycles. The Balaban J connectivity index is 3.81. The Hall–Kier alpha value is -0.870. The van der Waals surface area contributed by atoms with Crippen LogP contribution in [0.25, 0.3) is 0 Å². The van der Waals surface area contributed by atoms with Crippen molar-refractivity contribution < 1.29 is 19.0 Å². The molecule has 0 rings (SSSR count). The van der Waals surface area contributed by atoms with Gasteiger partial charge in [0.15, 0.2) is 5.79 Å². The third kappa shape index (κ3) is 5.72. The lowest BCUT2D eigenvalue weighted by atomic mass is 10.3. The molecule has 0 bridgehead atoms. The van der Waals surface area contributed by atoms with E-state index in [1.165, 1.54) is 0 Å². The molecule has 14 heavy (non-hydrogen) atoms. The topological polar surface area (TPSA) is 44.8 Å². The smallest absolute Gasteiger partial charge is 0.330 e. The molecule has 82 valence electrons. The highest BCUT2D eigenvalue weighted by Crippen LogP contribution is 2.12. The first-order valence-electron chi connectivity index (χ1n) is 4.43. The maximum atomic E-state index is 10.7. The summed E-state index contributed by atoms with van der Waals surface area (Å²) in [5.41, 5.74) is 0. The van der Waals surface area contributed by atoms with E-state index in [0.29, 0.717) is 0 Å². The van der Waals surface area contributed by atoms with E-state index in [-0.39, 0.29) is 12.7 Å². The van der Waals surface area contributed by atoms with E-state index in [0.717, 1.165) is 6.08 Å². The van der Waals surface area contributed by atoms with E-state index < -0.39 is 11.8 Å². The van der Waals surface area contributed by atoms with Gasteiger partial charge < -0.3 is 14.2 Å². The number of ether oxygens (including phenoxy) is 3. The van der Waals surface area contributed by atoms with Crippen molar-refractivity contribution in [1.82, 2.24) is 0 Å². The molecule has 0 aliphatic heterocycles. The van der Waals surface area contributed by atoms with Crippen LogP contribution in [0, 0.1) is 0 Å². The van der Waals surface area contributed by atoms with Crippen molar-refractivity contribution in [3.05, 3.63) is 12.7 Å². The zero-order chi connectivity index (χ0) is 11.2. The second kappa shape index (κ2) is 5.78. The molecule has 4 nitrogen and oxygen atoms in total. The van der Waals surface area contributed by atoms with E-state index >= 15 is 0 Å². The standard InChI is InChI=1S/C10H18O4/c1-6-9(11)13-7-8(2)14-10(3,4)12-5/h6,8H,1,7H2,2-5H3. The molecule has 0 N–H and O–H groups in total. The molecular weight excluding hydrogens is 184 g/mol. The highest BCUT2D eigenvalue weighted by atomic mass is 16.7. The Morgan fingerprint density at radius 1 is 1.57 bits per heavy atom. The molecule has 0 saturated carbocycles. The lowest BCUT2D eigenvalue weighted by molar-refractivity contribution is -0.227. The normalized spacial score (nSPS) is 13.4. The number of carbonyl (C=O) groups excluding carboxylic acids is 1. The second-order valence-corrected chi connectivity index (χ2v) is 3.37. The Morgan fingerprint density at radius 3 is 2.57 bits per heavy atom. The zero-order valence-corrected chi connectivity index (χ0v) is 9.20. The minimum atomic E-state index is -0.667. The summed E-state index contributed by atoms with van der Waals surface area (Å²) < 4.78 is 15.3. The monoisotopic (exact) mass is 202 g/mol. The van der Waals surface area contributed by atoms with Gasteiger partial charge in [-0.25, -0.2) is 4.79 Å². The Morgan fingerprint density at radius 2 is 2.14 bits per heavy atom. The summed E-state index contributed by atoms with van der Waals surface area (Å²) in [4.78, 5) is 10.7. The van der Waals surface area contributed by atoms with E-state index in [2.05, 4.69) is 6.58 Å². The predicted molar refractivity (Wildman–Crippen MR) is 52.8 cm³/mol. The van der Waals surface area contributed by atoms with E-state index in [1.54, 1.807) is 27.9 Å². The van der Waals surface area contributed by atoms with Gasteiger partial charge in [-0.3, -0.25) is 0 Å². The van der Waals surface area contributed by atoms with E-state index in [1.807, 2.05) is 0 Å². The molecule has 0 amide bonds. The van der Waals surface area contributed by atoms with Crippen molar-refractivity contribution in [1.29, 1.82) is 0 Å². The Kier molecular flexibility index (Phi) is 5.42. The fraction of sp³-hybridized carbons (Fsp3) is 0.700. The maximum absolute atomic E-state index is 10.7. The van der Waals surface area contributed by atoms with Crippen LogP contribution < -0.4 is 0 Å². The fourth-order valence-electron chi connectivity index (χ4n) is 0.825. The van der Waals surface area contributed by atoms with Gasteiger partial charge in [0, 0.05) is 13.2 Å². The molecule has 0 radical (unpaired) electrons. The minimum Gasteiger partial charge on any atom is -0.460 e. The van der Waals surface area contributed by atoms with Crippen LogP contribution in [-0.4, -0.2) is 31.6 Å². The summed E-state index contributed by atoms with van der Waals surface area (Å²) >= 11 is 0. The lowest BCUT2D eigenvalue weighted by Crippen LogP contribution is -2.33. The lowest BCUT2D eigenvalue weighted by Gasteiger charge is -2.27. The van der Waals surface area contributed by atoms with Crippen molar-refractivity contribution in [3.8, 4) is 0 Å². The van der Waals surface area contributed by atoms with Gasteiger partial charge in [-0.1, -0.05) is 6.58 Å². The summed E-state index contributed by atoms with van der Waals surface area (Å²) in [5.74, 6) is -1.12. The van der Waals surface area contributed by atoms with Crippen LogP contribution in [-0.2, 0) is 19.0 Å². The van der Waals surface area contributed by atoms with Crippen LogP contribution in [0.3, 0.4) is 0 Å². The molecule has 1 atom stereocenters. The van der Waals surface area contributed by atoms with Gasteiger partial charge in [0.25, 0.3) is 0 Å². The summed E-state index contributed by atoms with van der Waals surface area (Å²) in [6.07, 6.45) is 0.905. The minimum absolute atomic E-state index is 0.192. The maximum Gasteiger partial charge on any atom is 0.330 e. The summed E-state index contributed by atoms with van der Waals surface area (Å²) in [6, 6.07) is 0. The first-order chi connectivity index (χ1) is 6.41. The predicted octanol–water partition coefficient (Wildman–Crippen LogP) is 1.50. The van der Waals surface area contributed by atoms with Gasteiger partial charge in [-0.2, -0.15) is 0 Å². The molecule has 0 aromatic rings. The third-order valence-corrected chi connectivity index (χ3v) is 1.60. The van der Waals surface area contributed by atoms with Crippen molar-refractivity contribution in [2.45, 2.75) is 32.7 Å². The molecular formula is C10H18O4. The molecule has 0 aromatic carbocycles. The first kappa shape index (κ1) is 13.1. The largest absolute Gasteiger partial charge is 0.460 e. The molecule has 0 aliphatic carbocycles. The first-order valence-corrected chi connectivity index (χ1v) is 4.43. The van der Waals surface area contributed by atoms with Crippen LogP contribution in [0.2, 0.25) is 0 Å². The molecule has 4 heteroatoms. The Labute approximate surface area is 84.8 Å². The van der Waals surface area contributed by atoms with Gasteiger partial charge in [-0.15, -0.1) is 0 Å². The number of carbonyl (C=O) groups is 1. The number of hydrogen-bond acceptors (Lipinski definition) is 4.